The molecule has 0 bridgehead atoms. The third kappa shape index (κ3) is 8.63. The fourth-order valence-electron chi connectivity index (χ4n) is 3.70. The molecular weight excluding hydrogens is 573 g/mol. The maximum absolute atomic E-state index is 12.7. The molecule has 0 saturated heterocycles. The number of hydrogen-bond acceptors (Lipinski definition) is 9. The molecule has 4 rings (SSSR count). The number of nitrogen functional groups attached to an aromatic ring is 1. The first-order valence-electron chi connectivity index (χ1n) is 12.4. The molecule has 43 heavy (non-hydrogen) atoms. The quantitative estimate of drug-likeness (QED) is 0.155. The lowest BCUT2D eigenvalue weighted by Crippen LogP contribution is -2.21. The number of benzene rings is 2. The number of aliphatic carboxylic acids is 1. The van der Waals surface area contributed by atoms with E-state index < -0.39 is 17.8 Å². The van der Waals surface area contributed by atoms with Crippen molar-refractivity contribution in [2.45, 2.75) is 25.4 Å². The number of carboxylic acids is 1. The highest BCUT2D eigenvalue weighted by atomic mass is 19.4. The van der Waals surface area contributed by atoms with Gasteiger partial charge in [0, 0.05) is 23.9 Å². The second-order valence-electron chi connectivity index (χ2n) is 8.53. The van der Waals surface area contributed by atoms with E-state index in [0.717, 1.165) is 15.8 Å². The summed E-state index contributed by atoms with van der Waals surface area (Å²) in [7, 11) is 0. The number of H-pyrrole nitrogens is 1. The molecular formula is C27H25F3N8O5. The van der Waals surface area contributed by atoms with Gasteiger partial charge in [0.2, 0.25) is 0 Å². The van der Waals surface area contributed by atoms with Crippen molar-refractivity contribution in [1.82, 2.24) is 24.7 Å². The van der Waals surface area contributed by atoms with E-state index in [1.54, 1.807) is 24.3 Å². The van der Waals surface area contributed by atoms with E-state index in [4.69, 9.17) is 35.8 Å². The van der Waals surface area contributed by atoms with Crippen LogP contribution in [0.2, 0.25) is 0 Å². The van der Waals surface area contributed by atoms with E-state index in [9.17, 15) is 18.0 Å². The summed E-state index contributed by atoms with van der Waals surface area (Å²) < 4.78 is 44.1. The Balaban J connectivity index is 0.000000646. The number of nitriles is 1. The van der Waals surface area contributed by atoms with Crippen molar-refractivity contribution >= 4 is 11.8 Å². The number of aromatic nitrogens is 5. The summed E-state index contributed by atoms with van der Waals surface area (Å²) in [5, 5.41) is 28.1. The van der Waals surface area contributed by atoms with Crippen LogP contribution in [-0.4, -0.2) is 61.0 Å². The molecule has 0 fully saturated rings. The van der Waals surface area contributed by atoms with Crippen LogP contribution in [0.1, 0.15) is 35.4 Å². The van der Waals surface area contributed by atoms with Crippen LogP contribution in [0.3, 0.4) is 0 Å². The maximum Gasteiger partial charge on any atom is 0.490 e. The number of nitrogens with zero attached hydrogens (tertiary/aromatic N) is 5. The third-order valence-electron chi connectivity index (χ3n) is 5.62. The largest absolute Gasteiger partial charge is 0.490 e. The van der Waals surface area contributed by atoms with Crippen LogP contribution in [0, 0.1) is 16.7 Å². The number of nitrogens with one attached hydrogen (secondary N) is 2. The number of ether oxygens (including phenoxy) is 2. The maximum atomic E-state index is 12.7. The Kier molecular flexibility index (Phi) is 10.5. The number of carbonyl (C=O) groups is 1. The van der Waals surface area contributed by atoms with Crippen molar-refractivity contribution in [3.05, 3.63) is 93.9 Å². The molecule has 0 aliphatic carbocycles. The van der Waals surface area contributed by atoms with Gasteiger partial charge in [0.25, 0.3) is 5.95 Å². The standard InChI is InChI=1S/C25H24N8O3.C2HF3O2/c1-2-35-21-15-18(8-9-20(21)36-13-10-26)19(14-16-4-6-17(7-5-16)22(27)28)23-31-25(34)33(32-23)24-29-11-3-12-30-24;3-2(4,5)1(6)7/h3-9,11-12,15,19H,2,13-14H2,1H3,(H3,27,28)(H,31,32,34);(H,6,7). The molecule has 0 saturated carbocycles. The molecule has 16 heteroatoms. The van der Waals surface area contributed by atoms with Crippen LogP contribution in [0.4, 0.5) is 13.2 Å². The second kappa shape index (κ2) is 14.3. The summed E-state index contributed by atoms with van der Waals surface area (Å²) in [5.74, 6) is -1.65. The van der Waals surface area contributed by atoms with Gasteiger partial charge in [-0.05, 0) is 42.7 Å². The van der Waals surface area contributed by atoms with Crippen molar-refractivity contribution < 1.29 is 32.5 Å². The number of aromatic amines is 1. The zero-order chi connectivity index (χ0) is 31.6. The Bertz CT molecular complexity index is 1650. The number of carboxylic acid groups (broad SMARTS) is 1. The highest BCUT2D eigenvalue weighted by Gasteiger charge is 2.38. The smallest absolute Gasteiger partial charge is 0.490 e. The summed E-state index contributed by atoms with van der Waals surface area (Å²) in [4.78, 5) is 32.7. The summed E-state index contributed by atoms with van der Waals surface area (Å²) in [5.41, 5.74) is 7.50. The van der Waals surface area contributed by atoms with Gasteiger partial charge in [-0.3, -0.25) is 10.4 Å². The van der Waals surface area contributed by atoms with Crippen LogP contribution in [0.5, 0.6) is 11.5 Å². The lowest BCUT2D eigenvalue weighted by atomic mass is 9.90. The number of nitrogens with two attached hydrogens (primary N) is 1. The summed E-state index contributed by atoms with van der Waals surface area (Å²) in [6, 6.07) is 16.3. The number of alkyl halides is 3. The predicted octanol–water partition coefficient (Wildman–Crippen LogP) is 2.94. The van der Waals surface area contributed by atoms with Gasteiger partial charge in [-0.15, -0.1) is 9.78 Å². The predicted molar refractivity (Wildman–Crippen MR) is 145 cm³/mol. The molecule has 2 aromatic heterocycles. The van der Waals surface area contributed by atoms with Crippen molar-refractivity contribution in [1.29, 1.82) is 10.7 Å². The first-order valence-corrected chi connectivity index (χ1v) is 12.4. The molecule has 1 atom stereocenters. The fraction of sp³-hybridized carbons (Fsp3) is 0.222. The van der Waals surface area contributed by atoms with Crippen molar-refractivity contribution in [3.8, 4) is 23.5 Å². The highest BCUT2D eigenvalue weighted by molar-refractivity contribution is 5.94. The number of hydrogen-bond donors (Lipinski definition) is 4. The van der Waals surface area contributed by atoms with Gasteiger partial charge in [-0.1, -0.05) is 30.3 Å². The van der Waals surface area contributed by atoms with Crippen LogP contribution in [0.15, 0.2) is 65.7 Å². The molecule has 5 N–H and O–H groups in total. The lowest BCUT2D eigenvalue weighted by molar-refractivity contribution is -0.192. The summed E-state index contributed by atoms with van der Waals surface area (Å²) >= 11 is 0. The Labute approximate surface area is 241 Å². The van der Waals surface area contributed by atoms with Crippen molar-refractivity contribution in [2.24, 2.45) is 5.73 Å². The van der Waals surface area contributed by atoms with E-state index in [-0.39, 0.29) is 24.3 Å². The van der Waals surface area contributed by atoms with Gasteiger partial charge >= 0.3 is 17.8 Å². The molecule has 0 aliphatic heterocycles. The molecule has 224 valence electrons. The molecule has 4 aromatic rings. The normalized spacial score (nSPS) is 11.4. The SMILES string of the molecule is CCOc1cc(C(Cc2ccc(C(=N)N)cc2)c2nn(-c3ncccn3)c(=O)[nH]2)ccc1OCC#N.O=C(O)C(F)(F)F. The second-order valence-corrected chi connectivity index (χ2v) is 8.53. The molecule has 2 aromatic carbocycles. The Morgan fingerprint density at radius 1 is 1.16 bits per heavy atom. The number of rotatable bonds is 10. The van der Waals surface area contributed by atoms with E-state index >= 15 is 0 Å². The van der Waals surface area contributed by atoms with Gasteiger partial charge < -0.3 is 20.3 Å². The summed E-state index contributed by atoms with van der Waals surface area (Å²) in [6.07, 6.45) is -1.54. The Hall–Kier alpha value is -5.72. The molecule has 13 nitrogen and oxygen atoms in total. The van der Waals surface area contributed by atoms with E-state index in [1.165, 1.54) is 12.4 Å². The molecule has 0 amide bonds. The van der Waals surface area contributed by atoms with Gasteiger partial charge in [-0.2, -0.15) is 18.4 Å². The topological polar surface area (TPSA) is 206 Å². The first-order chi connectivity index (χ1) is 20.4. The van der Waals surface area contributed by atoms with E-state index in [0.29, 0.717) is 35.9 Å². The minimum atomic E-state index is -5.08. The van der Waals surface area contributed by atoms with Gasteiger partial charge in [0.05, 0.1) is 6.61 Å². The minimum absolute atomic E-state index is 0.0154. The minimum Gasteiger partial charge on any atom is -0.490 e. The van der Waals surface area contributed by atoms with Crippen LogP contribution < -0.4 is 20.9 Å². The van der Waals surface area contributed by atoms with Crippen LogP contribution in [-0.2, 0) is 11.2 Å². The first kappa shape index (κ1) is 31.8. The highest BCUT2D eigenvalue weighted by Crippen LogP contribution is 2.34. The van der Waals surface area contributed by atoms with Crippen LogP contribution in [0.25, 0.3) is 5.95 Å². The van der Waals surface area contributed by atoms with Crippen molar-refractivity contribution in [2.75, 3.05) is 13.2 Å². The number of halogens is 3. The average Bonchev–Trinajstić information content (AvgIpc) is 3.37. The summed E-state index contributed by atoms with van der Waals surface area (Å²) in [6.45, 7) is 2.15. The van der Waals surface area contributed by atoms with E-state index in [2.05, 4.69) is 20.1 Å². The van der Waals surface area contributed by atoms with Crippen LogP contribution >= 0.6 is 0 Å². The molecule has 0 spiro atoms. The monoisotopic (exact) mass is 598 g/mol. The zero-order valence-electron chi connectivity index (χ0n) is 22.5. The average molecular weight is 599 g/mol. The van der Waals surface area contributed by atoms with Crippen molar-refractivity contribution in [3.63, 3.8) is 0 Å². The molecule has 2 heterocycles. The molecule has 0 aliphatic rings. The van der Waals surface area contributed by atoms with Gasteiger partial charge in [0.15, 0.2) is 18.1 Å². The fourth-order valence-corrected chi connectivity index (χ4v) is 3.70. The molecule has 1 unspecified atom stereocenters. The molecule has 0 radical (unpaired) electrons. The van der Waals surface area contributed by atoms with Gasteiger partial charge in [-0.25, -0.2) is 19.6 Å². The Morgan fingerprint density at radius 2 is 1.81 bits per heavy atom. The third-order valence-corrected chi connectivity index (χ3v) is 5.62. The lowest BCUT2D eigenvalue weighted by Gasteiger charge is -2.18. The van der Waals surface area contributed by atoms with E-state index in [1.807, 2.05) is 37.3 Å². The van der Waals surface area contributed by atoms with Gasteiger partial charge in [0.1, 0.15) is 17.7 Å². The zero-order valence-corrected chi connectivity index (χ0v) is 22.5. The number of amidine groups is 1. The Morgan fingerprint density at radius 3 is 2.37 bits per heavy atom.